The van der Waals surface area contributed by atoms with Gasteiger partial charge in [0.15, 0.2) is 5.69 Å². The summed E-state index contributed by atoms with van der Waals surface area (Å²) in [6.45, 7) is -0.0799. The Morgan fingerprint density at radius 3 is 2.26 bits per heavy atom. The standard InChI is InChI=1S/C18H21F6N4O5S2/c1-27-11(8-13(25-27)17(19,20)21)12-5-6-15(34-12)35(31,32)26-10(9-28(2,3)4)7-14(29)33-16(30)18(22,23)24/h5-6,8,10,26H,7,9H2,1-4H3/q+1/t10-/m1/s1. The Morgan fingerprint density at radius 1 is 1.17 bits per heavy atom. The lowest BCUT2D eigenvalue weighted by atomic mass is 10.2. The van der Waals surface area contributed by atoms with Crippen LogP contribution < -0.4 is 4.72 Å². The third-order valence-electron chi connectivity index (χ3n) is 4.21. The van der Waals surface area contributed by atoms with E-state index < -0.39 is 52.5 Å². The van der Waals surface area contributed by atoms with Gasteiger partial charge in [-0.1, -0.05) is 0 Å². The van der Waals surface area contributed by atoms with Crippen molar-refractivity contribution in [3.05, 3.63) is 23.9 Å². The van der Waals surface area contributed by atoms with Crippen LogP contribution in [0, 0.1) is 0 Å². The van der Waals surface area contributed by atoms with Gasteiger partial charge in [-0.05, 0) is 18.2 Å². The Hall–Kier alpha value is -2.50. The number of halogens is 6. The van der Waals surface area contributed by atoms with E-state index >= 15 is 0 Å². The Bertz CT molecular complexity index is 1200. The van der Waals surface area contributed by atoms with Crippen LogP contribution in [0.5, 0.6) is 0 Å². The van der Waals surface area contributed by atoms with Gasteiger partial charge in [-0.3, -0.25) is 9.48 Å². The van der Waals surface area contributed by atoms with Gasteiger partial charge in [0.25, 0.3) is 10.0 Å². The number of sulfonamides is 1. The first kappa shape index (κ1) is 28.7. The van der Waals surface area contributed by atoms with E-state index in [2.05, 4.69) is 14.6 Å². The minimum absolute atomic E-state index is 0.000856. The maximum absolute atomic E-state index is 12.9. The minimum atomic E-state index is -5.41. The topological polar surface area (TPSA) is 107 Å². The molecule has 0 aliphatic rings. The number of aryl methyl sites for hydroxylation is 1. The maximum atomic E-state index is 12.9. The van der Waals surface area contributed by atoms with E-state index in [0.29, 0.717) is 11.3 Å². The fourth-order valence-corrected chi connectivity index (χ4v) is 5.52. The lowest BCUT2D eigenvalue weighted by molar-refractivity contribution is -0.871. The monoisotopic (exact) mass is 551 g/mol. The first-order valence-corrected chi connectivity index (χ1v) is 11.8. The van der Waals surface area contributed by atoms with Gasteiger partial charge < -0.3 is 9.22 Å². The number of nitrogens with one attached hydrogen (secondary N) is 1. The summed E-state index contributed by atoms with van der Waals surface area (Å²) >= 11 is 0.621. The van der Waals surface area contributed by atoms with Crippen LogP contribution in [-0.4, -0.2) is 74.5 Å². The van der Waals surface area contributed by atoms with Crippen LogP contribution in [0.15, 0.2) is 22.4 Å². The Kier molecular flexibility index (Phi) is 8.10. The van der Waals surface area contributed by atoms with Crippen molar-refractivity contribution in [1.82, 2.24) is 14.5 Å². The van der Waals surface area contributed by atoms with Gasteiger partial charge in [0.1, 0.15) is 4.21 Å². The van der Waals surface area contributed by atoms with Crippen molar-refractivity contribution in [2.75, 3.05) is 27.7 Å². The molecular weight excluding hydrogens is 530 g/mol. The van der Waals surface area contributed by atoms with E-state index in [1.807, 2.05) is 0 Å². The molecule has 2 aromatic heterocycles. The summed E-state index contributed by atoms with van der Waals surface area (Å²) < 4.78 is 108. The summed E-state index contributed by atoms with van der Waals surface area (Å²) in [4.78, 5) is 22.9. The number of thiophene rings is 1. The molecule has 0 saturated heterocycles. The molecule has 1 atom stereocenters. The van der Waals surface area contributed by atoms with Gasteiger partial charge in [0, 0.05) is 7.05 Å². The molecule has 0 bridgehead atoms. The minimum Gasteiger partial charge on any atom is -0.386 e. The molecule has 196 valence electrons. The number of quaternary nitrogens is 1. The fraction of sp³-hybridized carbons (Fsp3) is 0.500. The molecule has 0 amide bonds. The summed E-state index contributed by atoms with van der Waals surface area (Å²) in [5.41, 5.74) is -1.17. The molecule has 0 fully saturated rings. The van der Waals surface area contributed by atoms with Crippen LogP contribution in [0.2, 0.25) is 0 Å². The number of carbonyl (C=O) groups excluding carboxylic acids is 2. The number of ether oxygens (including phenoxy) is 1. The molecule has 0 aliphatic heterocycles. The number of rotatable bonds is 8. The molecule has 35 heavy (non-hydrogen) atoms. The van der Waals surface area contributed by atoms with Gasteiger partial charge in [-0.25, -0.2) is 17.9 Å². The van der Waals surface area contributed by atoms with E-state index in [1.54, 1.807) is 21.1 Å². The number of alkyl halides is 6. The highest BCUT2D eigenvalue weighted by atomic mass is 32.2. The second kappa shape index (κ2) is 9.87. The smallest absolute Gasteiger partial charge is 0.386 e. The molecule has 0 radical (unpaired) electrons. The molecule has 0 saturated carbocycles. The van der Waals surface area contributed by atoms with Crippen molar-refractivity contribution in [1.29, 1.82) is 0 Å². The summed E-state index contributed by atoms with van der Waals surface area (Å²) in [6.07, 6.45) is -11.0. The number of nitrogens with zero attached hydrogens (tertiary/aromatic N) is 3. The highest BCUT2D eigenvalue weighted by molar-refractivity contribution is 7.91. The second-order valence-corrected chi connectivity index (χ2v) is 11.4. The molecule has 0 unspecified atom stereocenters. The zero-order chi connectivity index (χ0) is 27.0. The van der Waals surface area contributed by atoms with Crippen LogP contribution in [0.3, 0.4) is 0 Å². The first-order chi connectivity index (χ1) is 15.7. The number of aromatic nitrogens is 2. The molecule has 17 heteroatoms. The normalized spacial score (nSPS) is 14.1. The van der Waals surface area contributed by atoms with Crippen LogP contribution in [0.4, 0.5) is 26.3 Å². The van der Waals surface area contributed by atoms with Crippen LogP contribution in [0.25, 0.3) is 10.6 Å². The SMILES string of the molecule is Cn1nc(C(F)(F)F)cc1-c1ccc(S(=O)(=O)N[C@H](CC(=O)OC(=O)C(F)(F)F)C[N+](C)(C)C)s1. The highest BCUT2D eigenvalue weighted by Gasteiger charge is 2.43. The van der Waals surface area contributed by atoms with Gasteiger partial charge in [0.05, 0.1) is 50.7 Å². The quantitative estimate of drug-likeness (QED) is 0.234. The predicted octanol–water partition coefficient (Wildman–Crippen LogP) is 2.54. The van der Waals surface area contributed by atoms with Gasteiger partial charge in [-0.2, -0.15) is 31.4 Å². The maximum Gasteiger partial charge on any atom is 0.491 e. The van der Waals surface area contributed by atoms with Crippen LogP contribution in [-0.2, 0) is 37.6 Å². The predicted molar refractivity (Wildman–Crippen MR) is 110 cm³/mol. The van der Waals surface area contributed by atoms with Crippen molar-refractivity contribution >= 4 is 33.3 Å². The van der Waals surface area contributed by atoms with Crippen molar-refractivity contribution in [3.8, 4) is 10.6 Å². The highest BCUT2D eigenvalue weighted by Crippen LogP contribution is 2.35. The summed E-state index contributed by atoms with van der Waals surface area (Å²) in [6, 6.07) is 1.87. The third-order valence-corrected chi connectivity index (χ3v) is 7.33. The molecule has 0 aromatic carbocycles. The van der Waals surface area contributed by atoms with Crippen molar-refractivity contribution in [2.24, 2.45) is 7.05 Å². The summed E-state index contributed by atoms with van der Waals surface area (Å²) in [5, 5.41) is 3.36. The number of carbonyl (C=O) groups is 2. The van der Waals surface area contributed by atoms with E-state index in [4.69, 9.17) is 0 Å². The molecule has 2 aromatic rings. The molecule has 2 heterocycles. The molecule has 9 nitrogen and oxygen atoms in total. The largest absolute Gasteiger partial charge is 0.491 e. The number of likely N-dealkylation sites (N-methyl/N-ethyl adjacent to an activating group) is 1. The Morgan fingerprint density at radius 2 is 1.77 bits per heavy atom. The second-order valence-electron chi connectivity index (χ2n) is 8.41. The molecule has 0 aliphatic carbocycles. The zero-order valence-corrected chi connectivity index (χ0v) is 20.3. The number of hydrogen-bond donors (Lipinski definition) is 1. The molecule has 1 N–H and O–H groups in total. The van der Waals surface area contributed by atoms with Crippen molar-refractivity contribution in [3.63, 3.8) is 0 Å². The molecule has 2 rings (SSSR count). The Labute approximate surface area is 199 Å². The number of esters is 2. The molecule has 0 spiro atoms. The third kappa shape index (κ3) is 8.01. The van der Waals surface area contributed by atoms with Crippen LogP contribution >= 0.6 is 11.3 Å². The fourth-order valence-electron chi connectivity index (χ4n) is 2.92. The van der Waals surface area contributed by atoms with Gasteiger partial charge >= 0.3 is 24.3 Å². The lowest BCUT2D eigenvalue weighted by Gasteiger charge is -2.29. The zero-order valence-electron chi connectivity index (χ0n) is 18.7. The van der Waals surface area contributed by atoms with E-state index in [1.165, 1.54) is 13.1 Å². The Balaban J connectivity index is 2.26. The average Bonchev–Trinajstić information content (AvgIpc) is 3.25. The summed E-state index contributed by atoms with van der Waals surface area (Å²) in [7, 11) is 1.75. The van der Waals surface area contributed by atoms with Crippen LogP contribution in [0.1, 0.15) is 12.1 Å². The van der Waals surface area contributed by atoms with E-state index in [9.17, 15) is 44.3 Å². The van der Waals surface area contributed by atoms with Crippen molar-refractivity contribution < 1.29 is 53.6 Å². The van der Waals surface area contributed by atoms with Gasteiger partial charge in [-0.15, -0.1) is 11.3 Å². The first-order valence-electron chi connectivity index (χ1n) is 9.55. The van der Waals surface area contributed by atoms with E-state index in [-0.39, 0.29) is 25.8 Å². The van der Waals surface area contributed by atoms with Gasteiger partial charge in [0.2, 0.25) is 0 Å². The van der Waals surface area contributed by atoms with E-state index in [0.717, 1.165) is 16.8 Å². The lowest BCUT2D eigenvalue weighted by Crippen LogP contribution is -2.49. The molecular formula is C18H21F6N4O5S2+. The average molecular weight is 552 g/mol. The number of hydrogen-bond acceptors (Lipinski definition) is 7. The van der Waals surface area contributed by atoms with Crippen molar-refractivity contribution in [2.45, 2.75) is 29.0 Å². The summed E-state index contributed by atoms with van der Waals surface area (Å²) in [5.74, 6) is -4.32.